The molecule has 0 aliphatic carbocycles. The van der Waals surface area contributed by atoms with E-state index in [4.69, 9.17) is 28.2 Å². The molecule has 0 saturated carbocycles. The number of furan rings is 1. The maximum absolute atomic E-state index is 12.5. The molecule has 4 nitrogen and oxygen atoms in total. The zero-order chi connectivity index (χ0) is 21.0. The molecule has 3 rings (SSSR count). The van der Waals surface area contributed by atoms with Gasteiger partial charge in [-0.15, -0.1) is 0 Å². The number of benzene rings is 2. The number of halogens is 1. The number of para-hydroxylation sites is 1. The predicted molar refractivity (Wildman–Crippen MR) is 123 cm³/mol. The molecule has 0 fully saturated rings. The quantitative estimate of drug-likeness (QED) is 0.454. The van der Waals surface area contributed by atoms with Crippen molar-refractivity contribution in [3.05, 3.63) is 76.5 Å². The number of nitrogens with one attached hydrogen (secondary N) is 2. The first-order valence-electron chi connectivity index (χ1n) is 9.46. The second kappa shape index (κ2) is 9.25. The van der Waals surface area contributed by atoms with Crippen LogP contribution in [0.25, 0.3) is 11.3 Å². The topological polar surface area (TPSA) is 54.3 Å². The van der Waals surface area contributed by atoms with Crippen molar-refractivity contribution in [2.45, 2.75) is 33.1 Å². The highest BCUT2D eigenvalue weighted by Crippen LogP contribution is 2.28. The Balaban J connectivity index is 1.69. The van der Waals surface area contributed by atoms with Gasteiger partial charge in [0.15, 0.2) is 10.9 Å². The van der Waals surface area contributed by atoms with Crippen LogP contribution >= 0.6 is 23.8 Å². The van der Waals surface area contributed by atoms with Gasteiger partial charge in [-0.05, 0) is 66.9 Å². The third-order valence-electron chi connectivity index (χ3n) is 4.87. The minimum absolute atomic E-state index is 0.177. The van der Waals surface area contributed by atoms with Crippen LogP contribution in [0.5, 0.6) is 0 Å². The van der Waals surface area contributed by atoms with Crippen molar-refractivity contribution in [1.29, 1.82) is 0 Å². The molecular weight excluding hydrogens is 404 g/mol. The largest absolute Gasteiger partial charge is 0.451 e. The lowest BCUT2D eigenvalue weighted by molar-refractivity contribution is 0.0951. The van der Waals surface area contributed by atoms with E-state index in [1.807, 2.05) is 43.3 Å². The summed E-state index contributed by atoms with van der Waals surface area (Å²) in [4.78, 5) is 12.5. The molecule has 0 aliphatic rings. The van der Waals surface area contributed by atoms with E-state index >= 15 is 0 Å². The number of rotatable bonds is 5. The molecule has 0 saturated heterocycles. The van der Waals surface area contributed by atoms with E-state index in [0.717, 1.165) is 28.8 Å². The third kappa shape index (κ3) is 5.05. The standard InChI is InChI=1S/C23H23ClN2O2S/c1-4-14(2)17-7-5-6-8-19(17)25-23(29)26-22(27)21-12-11-20(28-21)16-10-9-15(3)18(24)13-16/h5-14H,4H2,1-3H3,(H2,25,26,27,29)/t14-/m1/s1. The van der Waals surface area contributed by atoms with E-state index in [0.29, 0.717) is 16.7 Å². The van der Waals surface area contributed by atoms with Crippen molar-refractivity contribution in [2.75, 3.05) is 5.32 Å². The molecule has 3 aromatic rings. The fourth-order valence-corrected chi connectivity index (χ4v) is 3.32. The number of carbonyl (C=O) groups excluding carboxylic acids is 1. The zero-order valence-corrected chi connectivity index (χ0v) is 18.2. The summed E-state index contributed by atoms with van der Waals surface area (Å²) in [6, 6.07) is 16.9. The van der Waals surface area contributed by atoms with Crippen molar-refractivity contribution in [3.63, 3.8) is 0 Å². The Morgan fingerprint density at radius 1 is 1.17 bits per heavy atom. The summed E-state index contributed by atoms with van der Waals surface area (Å²) >= 11 is 11.5. The third-order valence-corrected chi connectivity index (χ3v) is 5.48. The van der Waals surface area contributed by atoms with Gasteiger partial charge in [0, 0.05) is 16.3 Å². The lowest BCUT2D eigenvalue weighted by Gasteiger charge is -2.16. The van der Waals surface area contributed by atoms with E-state index in [1.54, 1.807) is 12.1 Å². The number of anilines is 1. The molecule has 0 radical (unpaired) electrons. The highest BCUT2D eigenvalue weighted by Gasteiger charge is 2.15. The van der Waals surface area contributed by atoms with Crippen molar-refractivity contribution >= 4 is 40.5 Å². The van der Waals surface area contributed by atoms with Crippen LogP contribution in [-0.4, -0.2) is 11.0 Å². The summed E-state index contributed by atoms with van der Waals surface area (Å²) in [6.45, 7) is 6.22. The van der Waals surface area contributed by atoms with Gasteiger partial charge in [-0.3, -0.25) is 10.1 Å². The van der Waals surface area contributed by atoms with Crippen molar-refractivity contribution in [3.8, 4) is 11.3 Å². The zero-order valence-electron chi connectivity index (χ0n) is 16.6. The van der Waals surface area contributed by atoms with E-state index in [1.165, 1.54) is 0 Å². The molecule has 0 bridgehead atoms. The normalized spacial score (nSPS) is 11.7. The molecule has 2 N–H and O–H groups in total. The summed E-state index contributed by atoms with van der Waals surface area (Å²) in [5, 5.41) is 6.67. The Bertz CT molecular complexity index is 1040. The lowest BCUT2D eigenvalue weighted by atomic mass is 9.97. The Kier molecular flexibility index (Phi) is 6.72. The fraction of sp³-hybridized carbons (Fsp3) is 0.217. The number of carbonyl (C=O) groups is 1. The van der Waals surface area contributed by atoms with Gasteiger partial charge in [0.2, 0.25) is 0 Å². The average molecular weight is 427 g/mol. The van der Waals surface area contributed by atoms with E-state index in [-0.39, 0.29) is 10.9 Å². The Labute approximate surface area is 181 Å². The number of aryl methyl sites for hydroxylation is 1. The van der Waals surface area contributed by atoms with Crippen molar-refractivity contribution in [2.24, 2.45) is 0 Å². The molecule has 1 amide bonds. The number of hydrogen-bond acceptors (Lipinski definition) is 3. The Hall–Kier alpha value is -2.63. The molecular formula is C23H23ClN2O2S. The maximum Gasteiger partial charge on any atom is 0.293 e. The molecule has 6 heteroatoms. The minimum Gasteiger partial charge on any atom is -0.451 e. The molecule has 0 unspecified atom stereocenters. The van der Waals surface area contributed by atoms with E-state index < -0.39 is 5.91 Å². The second-order valence-corrected chi connectivity index (χ2v) is 7.75. The van der Waals surface area contributed by atoms with Gasteiger partial charge in [-0.1, -0.05) is 55.8 Å². The first kappa shape index (κ1) is 21.1. The molecule has 0 aliphatic heterocycles. The van der Waals surface area contributed by atoms with Crippen molar-refractivity contribution in [1.82, 2.24) is 5.32 Å². The number of hydrogen-bond donors (Lipinski definition) is 2. The summed E-state index contributed by atoms with van der Waals surface area (Å²) < 4.78 is 5.70. The fourth-order valence-electron chi connectivity index (χ4n) is 2.94. The monoisotopic (exact) mass is 426 g/mol. The van der Waals surface area contributed by atoms with Gasteiger partial charge in [0.1, 0.15) is 5.76 Å². The molecule has 1 atom stereocenters. The Morgan fingerprint density at radius 2 is 1.93 bits per heavy atom. The molecule has 1 aromatic heterocycles. The predicted octanol–water partition coefficient (Wildman–Crippen LogP) is 6.55. The van der Waals surface area contributed by atoms with E-state index in [9.17, 15) is 4.79 Å². The second-order valence-electron chi connectivity index (χ2n) is 6.93. The Morgan fingerprint density at radius 3 is 2.66 bits per heavy atom. The van der Waals surface area contributed by atoms with Gasteiger partial charge in [-0.25, -0.2) is 0 Å². The molecule has 150 valence electrons. The van der Waals surface area contributed by atoms with Crippen LogP contribution in [0.15, 0.2) is 59.0 Å². The highest BCUT2D eigenvalue weighted by atomic mass is 35.5. The SMILES string of the molecule is CC[C@@H](C)c1ccccc1NC(=S)NC(=O)c1ccc(-c2ccc(C)c(Cl)c2)o1. The summed E-state index contributed by atoms with van der Waals surface area (Å²) in [5.41, 5.74) is 3.83. The first-order valence-corrected chi connectivity index (χ1v) is 10.2. The molecule has 1 heterocycles. The maximum atomic E-state index is 12.5. The van der Waals surface area contributed by atoms with Gasteiger partial charge in [0.25, 0.3) is 5.91 Å². The van der Waals surface area contributed by atoms with E-state index in [2.05, 4.69) is 30.5 Å². The van der Waals surface area contributed by atoms with Gasteiger partial charge in [0.05, 0.1) is 0 Å². The van der Waals surface area contributed by atoms with Gasteiger partial charge in [-0.2, -0.15) is 0 Å². The van der Waals surface area contributed by atoms with Crippen molar-refractivity contribution < 1.29 is 9.21 Å². The smallest absolute Gasteiger partial charge is 0.293 e. The highest BCUT2D eigenvalue weighted by molar-refractivity contribution is 7.80. The van der Waals surface area contributed by atoms with Crippen LogP contribution in [0.3, 0.4) is 0 Å². The summed E-state index contributed by atoms with van der Waals surface area (Å²) in [6.07, 6.45) is 1.01. The van der Waals surface area contributed by atoms with Gasteiger partial charge < -0.3 is 9.73 Å². The van der Waals surface area contributed by atoms with Crippen LogP contribution in [0.1, 0.15) is 47.9 Å². The van der Waals surface area contributed by atoms with Crippen LogP contribution in [0.2, 0.25) is 5.02 Å². The first-order chi connectivity index (χ1) is 13.9. The van der Waals surface area contributed by atoms with Crippen LogP contribution in [-0.2, 0) is 0 Å². The summed E-state index contributed by atoms with van der Waals surface area (Å²) in [7, 11) is 0. The minimum atomic E-state index is -0.409. The number of thiocarbonyl (C=S) groups is 1. The van der Waals surface area contributed by atoms with Crippen LogP contribution < -0.4 is 10.6 Å². The summed E-state index contributed by atoms with van der Waals surface area (Å²) in [5.74, 6) is 0.716. The number of amides is 1. The van der Waals surface area contributed by atoms with Crippen LogP contribution in [0, 0.1) is 6.92 Å². The average Bonchev–Trinajstić information content (AvgIpc) is 3.20. The molecule has 2 aromatic carbocycles. The molecule has 0 spiro atoms. The lowest BCUT2D eigenvalue weighted by Crippen LogP contribution is -2.34. The van der Waals surface area contributed by atoms with Gasteiger partial charge >= 0.3 is 0 Å². The molecule has 29 heavy (non-hydrogen) atoms. The van der Waals surface area contributed by atoms with Crippen LogP contribution in [0.4, 0.5) is 5.69 Å².